The van der Waals surface area contributed by atoms with Crippen LogP contribution in [0.5, 0.6) is 5.75 Å². The van der Waals surface area contributed by atoms with E-state index in [0.29, 0.717) is 6.54 Å². The fourth-order valence-electron chi connectivity index (χ4n) is 2.33. The van der Waals surface area contributed by atoms with Crippen LogP contribution in [0.25, 0.3) is 0 Å². The number of hydrogen-bond acceptors (Lipinski definition) is 3. The summed E-state index contributed by atoms with van der Waals surface area (Å²) in [5.74, 6) is 1.86. The predicted molar refractivity (Wildman–Crippen MR) is 105 cm³/mol. The molecular weight excluding hydrogens is 391 g/mol. The van der Waals surface area contributed by atoms with E-state index >= 15 is 0 Å². The summed E-state index contributed by atoms with van der Waals surface area (Å²) in [6.07, 6.45) is 0. The Labute approximate surface area is 152 Å². The van der Waals surface area contributed by atoms with Crippen molar-refractivity contribution in [2.24, 2.45) is 4.99 Å². The van der Waals surface area contributed by atoms with E-state index in [0.717, 1.165) is 17.3 Å². The van der Waals surface area contributed by atoms with E-state index in [2.05, 4.69) is 25.1 Å². The SMILES string of the molecule is COc1ccccc1C(CN=C(N(C)C)N(C)C)N(C)C.I. The number of halogens is 1. The van der Waals surface area contributed by atoms with Gasteiger partial charge in [0.1, 0.15) is 5.75 Å². The van der Waals surface area contributed by atoms with E-state index in [-0.39, 0.29) is 30.0 Å². The summed E-state index contributed by atoms with van der Waals surface area (Å²) < 4.78 is 5.48. The normalized spacial score (nSPS) is 11.5. The van der Waals surface area contributed by atoms with E-state index in [1.807, 2.05) is 56.2 Å². The molecular formula is C16H29IN4O. The Balaban J connectivity index is 0.00000441. The highest BCUT2D eigenvalue weighted by molar-refractivity contribution is 14.0. The third kappa shape index (κ3) is 5.64. The van der Waals surface area contributed by atoms with Gasteiger partial charge in [-0.3, -0.25) is 4.99 Å². The summed E-state index contributed by atoms with van der Waals surface area (Å²) in [5, 5.41) is 0. The first kappa shape index (κ1) is 21.0. The highest BCUT2D eigenvalue weighted by Crippen LogP contribution is 2.28. The number of ether oxygens (including phenoxy) is 1. The molecule has 0 saturated heterocycles. The van der Waals surface area contributed by atoms with Crippen molar-refractivity contribution in [1.29, 1.82) is 0 Å². The van der Waals surface area contributed by atoms with Crippen LogP contribution in [0.1, 0.15) is 11.6 Å². The molecule has 126 valence electrons. The molecule has 0 spiro atoms. The third-order valence-corrected chi connectivity index (χ3v) is 3.33. The number of hydrogen-bond donors (Lipinski definition) is 0. The zero-order valence-corrected chi connectivity index (χ0v) is 17.0. The highest BCUT2D eigenvalue weighted by Gasteiger charge is 2.18. The molecule has 0 heterocycles. The Kier molecular flexibility index (Phi) is 9.43. The maximum Gasteiger partial charge on any atom is 0.195 e. The van der Waals surface area contributed by atoms with Crippen LogP contribution in [-0.2, 0) is 0 Å². The molecule has 1 atom stereocenters. The minimum atomic E-state index is 0. The Morgan fingerprint density at radius 3 is 2.05 bits per heavy atom. The fraction of sp³-hybridized carbons (Fsp3) is 0.562. The molecule has 0 N–H and O–H groups in total. The number of para-hydroxylation sites is 1. The lowest BCUT2D eigenvalue weighted by molar-refractivity contribution is 0.293. The number of benzene rings is 1. The van der Waals surface area contributed by atoms with E-state index < -0.39 is 0 Å². The molecule has 0 amide bonds. The van der Waals surface area contributed by atoms with Crippen LogP contribution in [0.4, 0.5) is 0 Å². The first-order valence-corrected chi connectivity index (χ1v) is 7.07. The summed E-state index contributed by atoms with van der Waals surface area (Å²) in [6.45, 7) is 0.680. The van der Waals surface area contributed by atoms with Crippen molar-refractivity contribution in [3.05, 3.63) is 29.8 Å². The quantitative estimate of drug-likeness (QED) is 0.416. The molecule has 1 unspecified atom stereocenters. The number of aliphatic imine (C=N–C) groups is 1. The van der Waals surface area contributed by atoms with Gasteiger partial charge >= 0.3 is 0 Å². The largest absolute Gasteiger partial charge is 0.496 e. The van der Waals surface area contributed by atoms with Crippen LogP contribution in [-0.4, -0.2) is 76.6 Å². The summed E-state index contributed by atoms with van der Waals surface area (Å²) in [5.41, 5.74) is 1.16. The van der Waals surface area contributed by atoms with Crippen LogP contribution >= 0.6 is 24.0 Å². The predicted octanol–water partition coefficient (Wildman–Crippen LogP) is 2.40. The van der Waals surface area contributed by atoms with E-state index in [9.17, 15) is 0 Å². The standard InChI is InChI=1S/C16H28N4O.HI/c1-18(2)14(12-17-16(19(3)4)20(5)6)13-10-8-9-11-15(13)21-7;/h8-11,14H,12H2,1-7H3;1H. The maximum atomic E-state index is 5.48. The lowest BCUT2D eigenvalue weighted by atomic mass is 10.0. The molecule has 5 nitrogen and oxygen atoms in total. The molecule has 1 aromatic carbocycles. The second-order valence-corrected chi connectivity index (χ2v) is 5.65. The Hall–Kier alpha value is -1.02. The number of likely N-dealkylation sites (N-methyl/N-ethyl adjacent to an activating group) is 1. The number of rotatable bonds is 5. The number of guanidine groups is 1. The second kappa shape index (κ2) is 9.89. The highest BCUT2D eigenvalue weighted by atomic mass is 127. The number of nitrogens with zero attached hydrogens (tertiary/aromatic N) is 4. The van der Waals surface area contributed by atoms with Gasteiger partial charge in [-0.15, -0.1) is 24.0 Å². The summed E-state index contributed by atoms with van der Waals surface area (Å²) in [7, 11) is 13.9. The summed E-state index contributed by atoms with van der Waals surface area (Å²) in [6, 6.07) is 8.30. The van der Waals surface area contributed by atoms with Gasteiger partial charge in [-0.25, -0.2) is 0 Å². The number of methoxy groups -OCH3 is 1. The average Bonchev–Trinajstić information content (AvgIpc) is 2.42. The average molecular weight is 420 g/mol. The van der Waals surface area contributed by atoms with Crippen LogP contribution in [0, 0.1) is 0 Å². The van der Waals surface area contributed by atoms with Gasteiger partial charge in [-0.05, 0) is 20.2 Å². The summed E-state index contributed by atoms with van der Waals surface area (Å²) in [4.78, 5) is 11.0. The van der Waals surface area contributed by atoms with Gasteiger partial charge < -0.3 is 19.4 Å². The van der Waals surface area contributed by atoms with Crippen molar-refractivity contribution in [2.75, 3.05) is 55.9 Å². The summed E-state index contributed by atoms with van der Waals surface area (Å²) >= 11 is 0. The van der Waals surface area contributed by atoms with Crippen LogP contribution in [0.3, 0.4) is 0 Å². The smallest absolute Gasteiger partial charge is 0.195 e. The van der Waals surface area contributed by atoms with Crippen molar-refractivity contribution in [3.63, 3.8) is 0 Å². The minimum absolute atomic E-state index is 0. The van der Waals surface area contributed by atoms with Crippen LogP contribution in [0.2, 0.25) is 0 Å². The van der Waals surface area contributed by atoms with Gasteiger partial charge in [-0.1, -0.05) is 18.2 Å². The van der Waals surface area contributed by atoms with Gasteiger partial charge in [0.2, 0.25) is 0 Å². The molecule has 22 heavy (non-hydrogen) atoms. The van der Waals surface area contributed by atoms with Gasteiger partial charge in [-0.2, -0.15) is 0 Å². The Bertz CT molecular complexity index is 465. The molecule has 0 fully saturated rings. The second-order valence-electron chi connectivity index (χ2n) is 5.65. The van der Waals surface area contributed by atoms with Gasteiger partial charge in [0.25, 0.3) is 0 Å². The third-order valence-electron chi connectivity index (χ3n) is 3.33. The Morgan fingerprint density at radius 1 is 1.05 bits per heavy atom. The maximum absolute atomic E-state index is 5.48. The molecule has 1 aromatic rings. The van der Waals surface area contributed by atoms with Crippen LogP contribution < -0.4 is 4.74 Å². The molecule has 0 aliphatic rings. The van der Waals surface area contributed by atoms with E-state index in [1.165, 1.54) is 0 Å². The topological polar surface area (TPSA) is 31.3 Å². The van der Waals surface area contributed by atoms with Gasteiger partial charge in [0.05, 0.1) is 19.7 Å². The zero-order valence-electron chi connectivity index (χ0n) is 14.7. The molecule has 0 aliphatic carbocycles. The lowest BCUT2D eigenvalue weighted by Gasteiger charge is -2.27. The monoisotopic (exact) mass is 420 g/mol. The fourth-order valence-corrected chi connectivity index (χ4v) is 2.33. The van der Waals surface area contributed by atoms with E-state index in [1.54, 1.807) is 7.11 Å². The van der Waals surface area contributed by atoms with Crippen molar-refractivity contribution >= 4 is 29.9 Å². The first-order chi connectivity index (χ1) is 9.88. The van der Waals surface area contributed by atoms with Gasteiger partial charge in [0, 0.05) is 33.8 Å². The molecule has 0 saturated carbocycles. The minimum Gasteiger partial charge on any atom is -0.496 e. The van der Waals surface area contributed by atoms with Crippen molar-refractivity contribution in [3.8, 4) is 5.75 Å². The van der Waals surface area contributed by atoms with Crippen molar-refractivity contribution < 1.29 is 4.74 Å². The molecule has 6 heteroatoms. The van der Waals surface area contributed by atoms with E-state index in [4.69, 9.17) is 9.73 Å². The zero-order chi connectivity index (χ0) is 16.0. The molecule has 0 aliphatic heterocycles. The molecule has 1 rings (SSSR count). The molecule has 0 aromatic heterocycles. The van der Waals surface area contributed by atoms with Gasteiger partial charge in [0.15, 0.2) is 5.96 Å². The van der Waals surface area contributed by atoms with Crippen LogP contribution in [0.15, 0.2) is 29.3 Å². The van der Waals surface area contributed by atoms with Crippen molar-refractivity contribution in [2.45, 2.75) is 6.04 Å². The molecule has 0 radical (unpaired) electrons. The Morgan fingerprint density at radius 2 is 1.59 bits per heavy atom. The van der Waals surface area contributed by atoms with Crippen molar-refractivity contribution in [1.82, 2.24) is 14.7 Å². The first-order valence-electron chi connectivity index (χ1n) is 7.07. The lowest BCUT2D eigenvalue weighted by Crippen LogP contribution is -2.36. The molecule has 0 bridgehead atoms.